The van der Waals surface area contributed by atoms with Gasteiger partial charge in [-0.25, -0.2) is 0 Å². The summed E-state index contributed by atoms with van der Waals surface area (Å²) in [7, 11) is 9.09. The number of ether oxygens (including phenoxy) is 6. The summed E-state index contributed by atoms with van der Waals surface area (Å²) < 4.78 is 32.7. The van der Waals surface area contributed by atoms with E-state index in [4.69, 9.17) is 28.4 Å². The van der Waals surface area contributed by atoms with E-state index >= 15 is 0 Å². The number of aryl methyl sites for hydroxylation is 1. The Labute approximate surface area is 246 Å². The molecule has 3 aromatic carbocycles. The van der Waals surface area contributed by atoms with Crippen LogP contribution in [0.15, 0.2) is 54.6 Å². The number of piperazine rings is 1. The molecule has 10 heteroatoms. The smallest absolute Gasteiger partial charge is 0.254 e. The van der Waals surface area contributed by atoms with Crippen molar-refractivity contribution in [2.45, 2.75) is 18.9 Å². The van der Waals surface area contributed by atoms with Crippen LogP contribution in [0.3, 0.4) is 0 Å². The number of carbonyl (C=O) groups excluding carboxylic acids is 2. The average Bonchev–Trinajstić information content (AvgIpc) is 3.05. The van der Waals surface area contributed by atoms with Crippen LogP contribution in [0.4, 0.5) is 0 Å². The van der Waals surface area contributed by atoms with Crippen LogP contribution in [0, 0.1) is 0 Å². The molecule has 224 valence electrons. The minimum Gasteiger partial charge on any atom is -0.493 e. The third kappa shape index (κ3) is 6.32. The standard InChI is InChI=1S/C32H38N2O8/c1-37-25-16-22(17-26(38-2)29(25)41-5)31(35)33-14-15-34(24(20-33)13-12-21-10-8-7-9-11-21)32(36)23-18-27(39-3)30(42-6)28(19-23)40-4/h7-11,16-19,24H,12-15,20H2,1-6H3. The van der Waals surface area contributed by atoms with Crippen molar-refractivity contribution in [1.82, 2.24) is 9.80 Å². The number of methoxy groups -OCH3 is 6. The molecule has 0 saturated carbocycles. The van der Waals surface area contributed by atoms with Crippen LogP contribution < -0.4 is 28.4 Å². The van der Waals surface area contributed by atoms with Crippen molar-refractivity contribution in [3.05, 3.63) is 71.3 Å². The fourth-order valence-corrected chi connectivity index (χ4v) is 5.29. The van der Waals surface area contributed by atoms with Crippen LogP contribution >= 0.6 is 0 Å². The van der Waals surface area contributed by atoms with Gasteiger partial charge in [-0.2, -0.15) is 0 Å². The largest absolute Gasteiger partial charge is 0.493 e. The molecule has 1 unspecified atom stereocenters. The maximum absolute atomic E-state index is 14.0. The van der Waals surface area contributed by atoms with Gasteiger partial charge >= 0.3 is 0 Å². The van der Waals surface area contributed by atoms with Gasteiger partial charge in [0.25, 0.3) is 11.8 Å². The molecule has 0 spiro atoms. The maximum atomic E-state index is 14.0. The Morgan fingerprint density at radius 1 is 0.667 bits per heavy atom. The molecule has 2 amide bonds. The van der Waals surface area contributed by atoms with E-state index in [0.717, 1.165) is 12.0 Å². The fourth-order valence-electron chi connectivity index (χ4n) is 5.29. The van der Waals surface area contributed by atoms with Crippen molar-refractivity contribution in [1.29, 1.82) is 0 Å². The first-order chi connectivity index (χ1) is 20.4. The molecule has 0 bridgehead atoms. The molecule has 0 aliphatic carbocycles. The Balaban J connectivity index is 1.64. The van der Waals surface area contributed by atoms with Crippen molar-refractivity contribution < 1.29 is 38.0 Å². The summed E-state index contributed by atoms with van der Waals surface area (Å²) in [6.07, 6.45) is 1.41. The molecule has 42 heavy (non-hydrogen) atoms. The fraction of sp³-hybridized carbons (Fsp3) is 0.375. The average molecular weight is 579 g/mol. The Kier molecular flexibility index (Phi) is 10.0. The van der Waals surface area contributed by atoms with Crippen molar-refractivity contribution in [3.63, 3.8) is 0 Å². The van der Waals surface area contributed by atoms with E-state index in [-0.39, 0.29) is 17.9 Å². The van der Waals surface area contributed by atoms with Crippen LogP contribution in [0.25, 0.3) is 0 Å². The van der Waals surface area contributed by atoms with Gasteiger partial charge in [0.1, 0.15) is 0 Å². The molecule has 3 aromatic rings. The highest BCUT2D eigenvalue weighted by Gasteiger charge is 2.34. The number of benzene rings is 3. The summed E-state index contributed by atoms with van der Waals surface area (Å²) in [6, 6.07) is 16.5. The van der Waals surface area contributed by atoms with Crippen LogP contribution in [0.1, 0.15) is 32.7 Å². The maximum Gasteiger partial charge on any atom is 0.254 e. The van der Waals surface area contributed by atoms with E-state index in [1.165, 1.54) is 42.7 Å². The quantitative estimate of drug-likeness (QED) is 0.332. The molecule has 0 N–H and O–H groups in total. The van der Waals surface area contributed by atoms with Gasteiger partial charge in [0.15, 0.2) is 23.0 Å². The molecular formula is C32H38N2O8. The van der Waals surface area contributed by atoms with Crippen molar-refractivity contribution in [2.24, 2.45) is 0 Å². The summed E-state index contributed by atoms with van der Waals surface area (Å²) in [6.45, 7) is 1.07. The number of hydrogen-bond acceptors (Lipinski definition) is 8. The Bertz CT molecular complexity index is 1340. The van der Waals surface area contributed by atoms with Gasteiger partial charge in [-0.3, -0.25) is 9.59 Å². The van der Waals surface area contributed by atoms with Crippen molar-refractivity contribution in [2.75, 3.05) is 62.3 Å². The molecular weight excluding hydrogens is 540 g/mol. The Morgan fingerprint density at radius 2 is 1.14 bits per heavy atom. The highest BCUT2D eigenvalue weighted by atomic mass is 16.5. The van der Waals surface area contributed by atoms with Gasteiger partial charge in [0.05, 0.1) is 48.7 Å². The number of carbonyl (C=O) groups is 2. The summed E-state index contributed by atoms with van der Waals surface area (Å²) in [5, 5.41) is 0. The first kappa shape index (κ1) is 30.4. The van der Waals surface area contributed by atoms with Crippen molar-refractivity contribution in [3.8, 4) is 34.5 Å². The first-order valence-corrected chi connectivity index (χ1v) is 13.6. The van der Waals surface area contributed by atoms with E-state index in [2.05, 4.69) is 12.1 Å². The van der Waals surface area contributed by atoms with E-state index in [1.807, 2.05) is 23.1 Å². The normalized spacial score (nSPS) is 14.7. The predicted octanol–water partition coefficient (Wildman–Crippen LogP) is 4.34. The molecule has 1 aliphatic heterocycles. The van der Waals surface area contributed by atoms with Gasteiger partial charge in [-0.15, -0.1) is 0 Å². The van der Waals surface area contributed by atoms with Gasteiger partial charge < -0.3 is 38.2 Å². The lowest BCUT2D eigenvalue weighted by atomic mass is 10.00. The highest BCUT2D eigenvalue weighted by Crippen LogP contribution is 2.40. The SMILES string of the molecule is COc1cc(C(=O)N2CCN(C(=O)c3cc(OC)c(OC)c(OC)c3)C(CCc3ccccc3)C2)cc(OC)c1OC. The summed E-state index contributed by atoms with van der Waals surface area (Å²) in [4.78, 5) is 31.3. The highest BCUT2D eigenvalue weighted by molar-refractivity contribution is 5.97. The summed E-state index contributed by atoms with van der Waals surface area (Å²) >= 11 is 0. The van der Waals surface area contributed by atoms with E-state index in [0.29, 0.717) is 71.7 Å². The minimum absolute atomic E-state index is 0.174. The second-order valence-corrected chi connectivity index (χ2v) is 9.76. The lowest BCUT2D eigenvalue weighted by molar-refractivity contribution is 0.0372. The zero-order chi connectivity index (χ0) is 30.2. The zero-order valence-electron chi connectivity index (χ0n) is 25.0. The molecule has 10 nitrogen and oxygen atoms in total. The molecule has 1 aliphatic rings. The third-order valence-corrected chi connectivity index (χ3v) is 7.46. The van der Waals surface area contributed by atoms with Crippen LogP contribution in [-0.4, -0.2) is 89.9 Å². The van der Waals surface area contributed by atoms with Gasteiger partial charge in [-0.1, -0.05) is 30.3 Å². The molecule has 1 heterocycles. The topological polar surface area (TPSA) is 96.0 Å². The molecule has 1 fully saturated rings. The van der Waals surface area contributed by atoms with Gasteiger partial charge in [0.2, 0.25) is 11.5 Å². The molecule has 0 aromatic heterocycles. The van der Waals surface area contributed by atoms with Gasteiger partial charge in [-0.05, 0) is 42.7 Å². The van der Waals surface area contributed by atoms with Crippen molar-refractivity contribution >= 4 is 11.8 Å². The van der Waals surface area contributed by atoms with Gasteiger partial charge in [0, 0.05) is 30.8 Å². The van der Waals surface area contributed by atoms with Crippen LogP contribution in [-0.2, 0) is 6.42 Å². The van der Waals surface area contributed by atoms with E-state index in [1.54, 1.807) is 29.2 Å². The first-order valence-electron chi connectivity index (χ1n) is 13.6. The lowest BCUT2D eigenvalue weighted by Crippen LogP contribution is -2.56. The molecule has 1 saturated heterocycles. The monoisotopic (exact) mass is 578 g/mol. The second kappa shape index (κ2) is 13.8. The van der Waals surface area contributed by atoms with E-state index in [9.17, 15) is 9.59 Å². The minimum atomic E-state index is -0.239. The summed E-state index contributed by atoms with van der Waals surface area (Å²) in [5.41, 5.74) is 1.99. The number of hydrogen-bond donors (Lipinski definition) is 0. The number of nitrogens with zero attached hydrogens (tertiary/aromatic N) is 2. The van der Waals surface area contributed by atoms with Crippen LogP contribution in [0.2, 0.25) is 0 Å². The number of rotatable bonds is 11. The third-order valence-electron chi connectivity index (χ3n) is 7.46. The van der Waals surface area contributed by atoms with E-state index < -0.39 is 0 Å². The molecule has 4 rings (SSSR count). The summed E-state index contributed by atoms with van der Waals surface area (Å²) in [5.74, 6) is 2.07. The molecule has 0 radical (unpaired) electrons. The molecule has 1 atom stereocenters. The Hall–Kier alpha value is -4.60. The Morgan fingerprint density at radius 3 is 1.60 bits per heavy atom. The number of amides is 2. The van der Waals surface area contributed by atoms with Crippen LogP contribution in [0.5, 0.6) is 34.5 Å². The predicted molar refractivity (Wildman–Crippen MR) is 158 cm³/mol. The lowest BCUT2D eigenvalue weighted by Gasteiger charge is -2.42. The second-order valence-electron chi connectivity index (χ2n) is 9.76. The zero-order valence-corrected chi connectivity index (χ0v) is 25.0.